The van der Waals surface area contributed by atoms with Gasteiger partial charge in [-0.1, -0.05) is 12.1 Å². The van der Waals surface area contributed by atoms with Gasteiger partial charge in [-0.2, -0.15) is 8.78 Å². The summed E-state index contributed by atoms with van der Waals surface area (Å²) in [5.74, 6) is -2.78. The molecule has 1 aliphatic rings. The second kappa shape index (κ2) is 8.58. The van der Waals surface area contributed by atoms with Crippen LogP contribution < -0.4 is 19.7 Å². The van der Waals surface area contributed by atoms with E-state index in [-0.39, 0.29) is 5.56 Å². The van der Waals surface area contributed by atoms with Gasteiger partial charge < -0.3 is 24.8 Å². The number of hydrogen-bond acceptors (Lipinski definition) is 7. The third kappa shape index (κ3) is 3.99. The number of fused-ring (bicyclic) bond motifs is 3. The van der Waals surface area contributed by atoms with Gasteiger partial charge in [-0.3, -0.25) is 0 Å². The van der Waals surface area contributed by atoms with E-state index >= 15 is 0 Å². The van der Waals surface area contributed by atoms with E-state index in [2.05, 4.69) is 15.3 Å². The fraction of sp³-hybridized carbons (Fsp3) is 0.391. The summed E-state index contributed by atoms with van der Waals surface area (Å²) < 4.78 is 54.5. The van der Waals surface area contributed by atoms with Crippen molar-refractivity contribution >= 4 is 22.4 Å². The predicted octanol–water partition coefficient (Wildman–Crippen LogP) is 4.17. The Bertz CT molecular complexity index is 1210. The number of anilines is 2. The van der Waals surface area contributed by atoms with Gasteiger partial charge in [0.05, 0.1) is 30.6 Å². The Morgan fingerprint density at radius 2 is 2.09 bits per heavy atom. The van der Waals surface area contributed by atoms with E-state index in [4.69, 9.17) is 14.6 Å². The molecular formula is C23H25F3N4O3. The zero-order valence-corrected chi connectivity index (χ0v) is 18.7. The van der Waals surface area contributed by atoms with Gasteiger partial charge in [-0.15, -0.1) is 0 Å². The molecule has 2 N–H and O–H groups in total. The van der Waals surface area contributed by atoms with Crippen LogP contribution in [0.5, 0.6) is 11.5 Å². The normalized spacial score (nSPS) is 14.6. The van der Waals surface area contributed by atoms with E-state index < -0.39 is 30.0 Å². The Hall–Kier alpha value is -3.27. The van der Waals surface area contributed by atoms with Gasteiger partial charge in [0.2, 0.25) is 0 Å². The molecule has 0 fully saturated rings. The second-order valence-electron chi connectivity index (χ2n) is 7.98. The minimum atomic E-state index is -3.69. The average molecular weight is 462 g/mol. The topological polar surface area (TPSA) is 79.7 Å². The molecule has 0 amide bonds. The van der Waals surface area contributed by atoms with Gasteiger partial charge in [0.15, 0.2) is 5.75 Å². The highest BCUT2D eigenvalue weighted by Crippen LogP contribution is 2.46. The number of rotatable bonds is 6. The summed E-state index contributed by atoms with van der Waals surface area (Å²) in [6, 6.07) is 4.78. The fourth-order valence-corrected chi connectivity index (χ4v) is 4.01. The number of hydrogen-bond donors (Lipinski definition) is 2. The molecule has 0 aliphatic carbocycles. The summed E-state index contributed by atoms with van der Waals surface area (Å²) in [6.07, 6.45) is 0. The number of nitrogens with one attached hydrogen (secondary N) is 1. The summed E-state index contributed by atoms with van der Waals surface area (Å²) in [7, 11) is 3.49. The SMILES string of the molecule is COc1cc2c(NC(C)c3cccc(C(F)(F)CO)c3F)nc(C)nc2c2c1N(C)CCO2. The van der Waals surface area contributed by atoms with E-state index in [1.54, 1.807) is 27.0 Å². The molecule has 1 unspecified atom stereocenters. The third-order valence-electron chi connectivity index (χ3n) is 5.71. The van der Waals surface area contributed by atoms with Crippen LogP contribution in [0.15, 0.2) is 24.3 Å². The molecule has 4 rings (SSSR count). The molecule has 0 radical (unpaired) electrons. The lowest BCUT2D eigenvalue weighted by Crippen LogP contribution is -2.29. The van der Waals surface area contributed by atoms with Crippen LogP contribution in [0.25, 0.3) is 10.9 Å². The highest BCUT2D eigenvalue weighted by Gasteiger charge is 2.35. The smallest absolute Gasteiger partial charge is 0.298 e. The Balaban J connectivity index is 1.81. The summed E-state index contributed by atoms with van der Waals surface area (Å²) >= 11 is 0. The zero-order valence-electron chi connectivity index (χ0n) is 18.7. The van der Waals surface area contributed by atoms with Crippen LogP contribution in [0.3, 0.4) is 0 Å². The predicted molar refractivity (Wildman–Crippen MR) is 119 cm³/mol. The number of halogens is 3. The summed E-state index contributed by atoms with van der Waals surface area (Å²) in [5, 5.41) is 12.7. The van der Waals surface area contributed by atoms with E-state index in [0.29, 0.717) is 47.2 Å². The molecule has 0 spiro atoms. The minimum Gasteiger partial charge on any atom is -0.494 e. The van der Waals surface area contributed by atoms with Crippen molar-refractivity contribution in [2.45, 2.75) is 25.8 Å². The van der Waals surface area contributed by atoms with Crippen LogP contribution in [0.2, 0.25) is 0 Å². The maximum absolute atomic E-state index is 15.0. The van der Waals surface area contributed by atoms with Crippen LogP contribution in [-0.4, -0.2) is 49.0 Å². The quantitative estimate of drug-likeness (QED) is 0.569. The third-order valence-corrected chi connectivity index (χ3v) is 5.71. The number of aryl methyl sites for hydroxylation is 1. The van der Waals surface area contributed by atoms with Crippen LogP contribution in [0, 0.1) is 12.7 Å². The molecule has 33 heavy (non-hydrogen) atoms. The molecule has 10 heteroatoms. The van der Waals surface area contributed by atoms with Crippen LogP contribution >= 0.6 is 0 Å². The molecule has 2 aromatic carbocycles. The first-order valence-electron chi connectivity index (χ1n) is 10.4. The standard InChI is InChI=1S/C23H25F3N4O3/c1-12(14-6-5-7-16(18(14)24)23(25,26)11-31)27-22-15-10-17(32-4)20-21(33-9-8-30(20)3)19(15)28-13(2)29-22/h5-7,10,12,31H,8-9,11H2,1-4H3,(H,27,28,29). The van der Waals surface area contributed by atoms with E-state index in [9.17, 15) is 13.2 Å². The summed E-state index contributed by atoms with van der Waals surface area (Å²) in [5.41, 5.74) is 0.511. The van der Waals surface area contributed by atoms with Gasteiger partial charge >= 0.3 is 0 Å². The lowest BCUT2D eigenvalue weighted by atomic mass is 10.00. The molecule has 0 saturated carbocycles. The number of aromatic nitrogens is 2. The van der Waals surface area contributed by atoms with Gasteiger partial charge in [-0.25, -0.2) is 14.4 Å². The number of benzene rings is 2. The molecule has 0 bridgehead atoms. The van der Waals surface area contributed by atoms with Crippen molar-refractivity contribution in [3.8, 4) is 11.5 Å². The Labute approximate surface area is 189 Å². The van der Waals surface area contributed by atoms with Crippen molar-refractivity contribution in [3.63, 3.8) is 0 Å². The maximum atomic E-state index is 15.0. The monoisotopic (exact) mass is 462 g/mol. The minimum absolute atomic E-state index is 0.0194. The van der Waals surface area contributed by atoms with Gasteiger partial charge in [0.25, 0.3) is 5.92 Å². The largest absolute Gasteiger partial charge is 0.494 e. The Kier molecular flexibility index (Phi) is 5.96. The van der Waals surface area contributed by atoms with Crippen molar-refractivity contribution in [2.75, 3.05) is 44.1 Å². The van der Waals surface area contributed by atoms with E-state index in [1.807, 2.05) is 11.9 Å². The van der Waals surface area contributed by atoms with Crippen molar-refractivity contribution in [1.82, 2.24) is 9.97 Å². The first-order valence-corrected chi connectivity index (χ1v) is 10.4. The van der Waals surface area contributed by atoms with Gasteiger partial charge in [-0.05, 0) is 26.0 Å². The summed E-state index contributed by atoms with van der Waals surface area (Å²) in [4.78, 5) is 11.0. The number of alkyl halides is 2. The molecule has 1 atom stereocenters. The molecule has 0 saturated heterocycles. The highest BCUT2D eigenvalue weighted by molar-refractivity contribution is 6.00. The van der Waals surface area contributed by atoms with Crippen molar-refractivity contribution < 1.29 is 27.8 Å². The molecule has 1 aromatic heterocycles. The highest BCUT2D eigenvalue weighted by atomic mass is 19.3. The lowest BCUT2D eigenvalue weighted by molar-refractivity contribution is -0.0583. The number of likely N-dealkylation sites (N-methyl/N-ethyl adjacent to an activating group) is 1. The first-order chi connectivity index (χ1) is 15.7. The lowest BCUT2D eigenvalue weighted by Gasteiger charge is -2.30. The number of aliphatic hydroxyl groups excluding tert-OH is 1. The molecule has 1 aliphatic heterocycles. The molecule has 2 heterocycles. The molecule has 7 nitrogen and oxygen atoms in total. The summed E-state index contributed by atoms with van der Waals surface area (Å²) in [6.45, 7) is 3.05. The maximum Gasteiger partial charge on any atom is 0.298 e. The number of nitrogens with zero attached hydrogens (tertiary/aromatic N) is 3. The number of ether oxygens (including phenoxy) is 2. The number of aliphatic hydroxyl groups is 1. The van der Waals surface area contributed by atoms with E-state index in [0.717, 1.165) is 11.8 Å². The number of methoxy groups -OCH3 is 1. The van der Waals surface area contributed by atoms with Crippen molar-refractivity contribution in [2.24, 2.45) is 0 Å². The average Bonchev–Trinajstić information content (AvgIpc) is 2.78. The zero-order chi connectivity index (χ0) is 23.9. The molecule has 176 valence electrons. The van der Waals surface area contributed by atoms with Crippen LogP contribution in [0.1, 0.15) is 29.9 Å². The van der Waals surface area contributed by atoms with Gasteiger partial charge in [0, 0.05) is 12.6 Å². The molecule has 3 aromatic rings. The van der Waals surface area contributed by atoms with Gasteiger partial charge in [0.1, 0.15) is 47.6 Å². The van der Waals surface area contributed by atoms with Crippen LogP contribution in [0.4, 0.5) is 24.7 Å². The molecular weight excluding hydrogens is 437 g/mol. The fourth-order valence-electron chi connectivity index (χ4n) is 4.01. The van der Waals surface area contributed by atoms with E-state index in [1.165, 1.54) is 12.1 Å². The van der Waals surface area contributed by atoms with Crippen molar-refractivity contribution in [1.29, 1.82) is 0 Å². The van der Waals surface area contributed by atoms with Crippen molar-refractivity contribution in [3.05, 3.63) is 47.0 Å². The second-order valence-corrected chi connectivity index (χ2v) is 7.98. The Morgan fingerprint density at radius 1 is 1.33 bits per heavy atom. The Morgan fingerprint density at radius 3 is 2.79 bits per heavy atom. The van der Waals surface area contributed by atoms with Crippen LogP contribution in [-0.2, 0) is 5.92 Å². The first kappa shape index (κ1) is 22.9.